The summed E-state index contributed by atoms with van der Waals surface area (Å²) < 4.78 is 12.2. The molecule has 1 amide bonds. The summed E-state index contributed by atoms with van der Waals surface area (Å²) in [6, 6.07) is 5.40. The second kappa shape index (κ2) is 7.58. The molecule has 0 atom stereocenters. The predicted octanol–water partition coefficient (Wildman–Crippen LogP) is 2.01. The molecule has 0 N–H and O–H groups in total. The van der Waals surface area contributed by atoms with Crippen molar-refractivity contribution in [3.63, 3.8) is 0 Å². The molecule has 3 aromatic rings. The smallest absolute Gasteiger partial charge is 0.238 e. The Balaban J connectivity index is 1.41. The highest BCUT2D eigenvalue weighted by molar-refractivity contribution is 5.75. The van der Waals surface area contributed by atoms with Crippen molar-refractivity contribution >= 4 is 5.91 Å². The highest BCUT2D eigenvalue weighted by atomic mass is 16.5. The Labute approximate surface area is 139 Å². The van der Waals surface area contributed by atoms with E-state index in [0.717, 1.165) is 13.0 Å². The molecular weight excluding hydrogens is 310 g/mol. The summed E-state index contributed by atoms with van der Waals surface area (Å²) in [4.78, 5) is 18.1. The minimum Gasteiger partial charge on any atom is -0.461 e. The molecule has 0 aliphatic carbocycles. The van der Waals surface area contributed by atoms with Crippen molar-refractivity contribution in [2.75, 3.05) is 13.6 Å². The van der Waals surface area contributed by atoms with Gasteiger partial charge in [-0.2, -0.15) is 10.1 Å². The highest BCUT2D eigenvalue weighted by Crippen LogP contribution is 2.16. The van der Waals surface area contributed by atoms with E-state index in [-0.39, 0.29) is 5.91 Å². The van der Waals surface area contributed by atoms with Crippen LogP contribution in [0.25, 0.3) is 11.6 Å². The van der Waals surface area contributed by atoms with Gasteiger partial charge in [0.05, 0.1) is 6.26 Å². The first-order chi connectivity index (χ1) is 11.7. The zero-order valence-electron chi connectivity index (χ0n) is 13.5. The van der Waals surface area contributed by atoms with Gasteiger partial charge >= 0.3 is 0 Å². The molecule has 0 fully saturated rings. The quantitative estimate of drug-likeness (QED) is 0.628. The highest BCUT2D eigenvalue weighted by Gasteiger charge is 2.14. The number of carbonyl (C=O) groups is 1. The van der Waals surface area contributed by atoms with Crippen LogP contribution in [0.5, 0.6) is 0 Å². The van der Waals surface area contributed by atoms with Crippen LogP contribution in [0.15, 0.2) is 45.8 Å². The minimum atomic E-state index is 0.0493. The van der Waals surface area contributed by atoms with Gasteiger partial charge in [-0.25, -0.2) is 0 Å². The number of carbonyl (C=O) groups excluding carboxylic acids is 1. The van der Waals surface area contributed by atoms with Crippen LogP contribution in [0.4, 0.5) is 0 Å². The molecule has 0 bridgehead atoms. The summed E-state index contributed by atoms with van der Waals surface area (Å²) in [5, 5.41) is 7.98. The number of hydrogen-bond acceptors (Lipinski definition) is 6. The van der Waals surface area contributed by atoms with Gasteiger partial charge in [0.25, 0.3) is 0 Å². The fraction of sp³-hybridized carbons (Fsp3) is 0.375. The number of hydrogen-bond donors (Lipinski definition) is 0. The molecule has 0 saturated carbocycles. The molecule has 0 saturated heterocycles. The molecule has 24 heavy (non-hydrogen) atoms. The summed E-state index contributed by atoms with van der Waals surface area (Å²) in [5.41, 5.74) is 0. The Kier molecular flexibility index (Phi) is 5.05. The van der Waals surface area contributed by atoms with Gasteiger partial charge < -0.3 is 13.8 Å². The molecule has 126 valence electrons. The molecule has 0 aliphatic rings. The molecule has 0 aliphatic heterocycles. The molecule has 0 unspecified atom stereocenters. The van der Waals surface area contributed by atoms with Crippen LogP contribution < -0.4 is 0 Å². The molecule has 8 nitrogen and oxygen atoms in total. The van der Waals surface area contributed by atoms with Crippen molar-refractivity contribution in [1.82, 2.24) is 24.8 Å². The zero-order chi connectivity index (χ0) is 16.8. The van der Waals surface area contributed by atoms with Crippen molar-refractivity contribution in [2.45, 2.75) is 25.8 Å². The van der Waals surface area contributed by atoms with Crippen molar-refractivity contribution < 1.29 is 13.7 Å². The monoisotopic (exact) mass is 329 g/mol. The average Bonchev–Trinajstić information content (AvgIpc) is 3.33. The lowest BCUT2D eigenvalue weighted by Crippen LogP contribution is -2.28. The van der Waals surface area contributed by atoms with E-state index in [1.165, 1.54) is 0 Å². The van der Waals surface area contributed by atoms with Crippen LogP contribution >= 0.6 is 0 Å². The normalized spacial score (nSPS) is 10.9. The van der Waals surface area contributed by atoms with Gasteiger partial charge in [-0.1, -0.05) is 5.16 Å². The first kappa shape index (κ1) is 16.0. The number of aromatic nitrogens is 4. The van der Waals surface area contributed by atoms with E-state index in [1.807, 2.05) is 16.9 Å². The molecule has 0 aromatic carbocycles. The van der Waals surface area contributed by atoms with Crippen LogP contribution in [0.3, 0.4) is 0 Å². The largest absolute Gasteiger partial charge is 0.461 e. The second-order valence-corrected chi connectivity index (χ2v) is 5.43. The standard InChI is InChI=1S/C16H19N5O3/c1-20(9-4-11-21-10-3-8-17-21)15(22)7-6-14-18-16(19-24-14)13-5-2-12-23-13/h2-3,5,8,10,12H,4,6-7,9,11H2,1H3. The van der Waals surface area contributed by atoms with Crippen molar-refractivity contribution in [3.05, 3.63) is 42.7 Å². The second-order valence-electron chi connectivity index (χ2n) is 5.43. The molecular formula is C16H19N5O3. The van der Waals surface area contributed by atoms with E-state index < -0.39 is 0 Å². The first-order valence-corrected chi connectivity index (χ1v) is 7.80. The van der Waals surface area contributed by atoms with E-state index in [9.17, 15) is 4.79 Å². The molecule has 0 radical (unpaired) electrons. The Morgan fingerprint density at radius 1 is 1.38 bits per heavy atom. The van der Waals surface area contributed by atoms with Gasteiger partial charge in [-0.15, -0.1) is 0 Å². The van der Waals surface area contributed by atoms with Gasteiger partial charge in [0.15, 0.2) is 5.76 Å². The summed E-state index contributed by atoms with van der Waals surface area (Å²) in [7, 11) is 1.80. The summed E-state index contributed by atoms with van der Waals surface area (Å²) in [6.07, 6.45) is 6.80. The topological polar surface area (TPSA) is 90.2 Å². The van der Waals surface area contributed by atoms with Crippen LogP contribution in [0, 0.1) is 0 Å². The van der Waals surface area contributed by atoms with Crippen LogP contribution in [0.1, 0.15) is 18.7 Å². The van der Waals surface area contributed by atoms with Gasteiger partial charge in [0.2, 0.25) is 17.6 Å². The SMILES string of the molecule is CN(CCCn1cccn1)C(=O)CCc1nc(-c2ccco2)no1. The lowest BCUT2D eigenvalue weighted by atomic mass is 10.2. The van der Waals surface area contributed by atoms with Crippen LogP contribution in [-0.2, 0) is 17.8 Å². The Morgan fingerprint density at radius 2 is 2.29 bits per heavy atom. The van der Waals surface area contributed by atoms with Crippen LogP contribution in [-0.4, -0.2) is 44.3 Å². The van der Waals surface area contributed by atoms with E-state index in [4.69, 9.17) is 8.94 Å². The van der Waals surface area contributed by atoms with E-state index >= 15 is 0 Å². The molecule has 3 rings (SSSR count). The summed E-state index contributed by atoms with van der Waals surface area (Å²) >= 11 is 0. The third-order valence-corrected chi connectivity index (χ3v) is 3.63. The third-order valence-electron chi connectivity index (χ3n) is 3.63. The van der Waals surface area contributed by atoms with Gasteiger partial charge in [-0.05, 0) is 24.6 Å². The third kappa shape index (κ3) is 4.09. The molecule has 8 heteroatoms. The number of amides is 1. The summed E-state index contributed by atoms with van der Waals surface area (Å²) in [6.45, 7) is 1.47. The molecule has 3 aromatic heterocycles. The Bertz CT molecular complexity index is 749. The Morgan fingerprint density at radius 3 is 3.04 bits per heavy atom. The fourth-order valence-corrected chi connectivity index (χ4v) is 2.29. The van der Waals surface area contributed by atoms with Gasteiger partial charge in [-0.3, -0.25) is 9.48 Å². The van der Waals surface area contributed by atoms with Crippen molar-refractivity contribution in [2.24, 2.45) is 0 Å². The lowest BCUT2D eigenvalue weighted by Gasteiger charge is -2.16. The Hall–Kier alpha value is -2.90. The predicted molar refractivity (Wildman–Crippen MR) is 84.8 cm³/mol. The maximum atomic E-state index is 12.1. The fourth-order valence-electron chi connectivity index (χ4n) is 2.29. The first-order valence-electron chi connectivity index (χ1n) is 7.80. The van der Waals surface area contributed by atoms with E-state index in [1.54, 1.807) is 36.5 Å². The van der Waals surface area contributed by atoms with Crippen molar-refractivity contribution in [1.29, 1.82) is 0 Å². The van der Waals surface area contributed by atoms with E-state index in [0.29, 0.717) is 36.9 Å². The maximum Gasteiger partial charge on any atom is 0.238 e. The number of furan rings is 1. The molecule has 0 spiro atoms. The number of aryl methyl sites for hydroxylation is 2. The molecule has 3 heterocycles. The average molecular weight is 329 g/mol. The minimum absolute atomic E-state index is 0.0493. The van der Waals surface area contributed by atoms with Gasteiger partial charge in [0.1, 0.15) is 0 Å². The van der Waals surface area contributed by atoms with Crippen LogP contribution in [0.2, 0.25) is 0 Å². The lowest BCUT2D eigenvalue weighted by molar-refractivity contribution is -0.130. The van der Waals surface area contributed by atoms with Crippen molar-refractivity contribution in [3.8, 4) is 11.6 Å². The van der Waals surface area contributed by atoms with E-state index in [2.05, 4.69) is 15.2 Å². The zero-order valence-corrected chi connectivity index (χ0v) is 13.5. The number of rotatable bonds is 8. The maximum absolute atomic E-state index is 12.1. The van der Waals surface area contributed by atoms with Gasteiger partial charge in [0, 0.05) is 45.4 Å². The number of nitrogens with zero attached hydrogens (tertiary/aromatic N) is 5. The summed E-state index contributed by atoms with van der Waals surface area (Å²) in [5.74, 6) is 1.43.